The van der Waals surface area contributed by atoms with E-state index in [2.05, 4.69) is 15.4 Å². The van der Waals surface area contributed by atoms with Gasteiger partial charge < -0.3 is 11.1 Å². The first-order valence-electron chi connectivity index (χ1n) is 6.44. The molecule has 2 rings (SSSR count). The van der Waals surface area contributed by atoms with Gasteiger partial charge in [-0.25, -0.2) is 4.98 Å². The second-order valence-corrected chi connectivity index (χ2v) is 5.76. The third-order valence-electron chi connectivity index (χ3n) is 3.10. The van der Waals surface area contributed by atoms with Gasteiger partial charge in [-0.15, -0.1) is 11.3 Å². The lowest BCUT2D eigenvalue weighted by Crippen LogP contribution is -2.30. The smallest absolute Gasteiger partial charge is 0.241 e. The van der Waals surface area contributed by atoms with Crippen molar-refractivity contribution in [3.8, 4) is 0 Å². The van der Waals surface area contributed by atoms with Crippen LogP contribution in [-0.2, 0) is 17.8 Å². The van der Waals surface area contributed by atoms with Gasteiger partial charge in [0.2, 0.25) is 5.91 Å². The summed E-state index contributed by atoms with van der Waals surface area (Å²) in [6.07, 6.45) is 0.745. The monoisotopic (exact) mass is 293 g/mol. The Morgan fingerprint density at radius 3 is 2.75 bits per heavy atom. The number of thiazole rings is 1. The molecule has 6 nitrogen and oxygen atoms in total. The van der Waals surface area contributed by atoms with Gasteiger partial charge in [0.15, 0.2) is 0 Å². The normalized spacial score (nSPS) is 10.8. The molecular weight excluding hydrogens is 274 g/mol. The van der Waals surface area contributed by atoms with Crippen LogP contribution < -0.4 is 11.1 Å². The van der Waals surface area contributed by atoms with E-state index in [1.165, 1.54) is 0 Å². The Bertz CT molecular complexity index is 616. The summed E-state index contributed by atoms with van der Waals surface area (Å²) in [5.74, 6) is -0.0671. The van der Waals surface area contributed by atoms with Crippen LogP contribution in [-0.4, -0.2) is 27.2 Å². The van der Waals surface area contributed by atoms with Gasteiger partial charge in [-0.05, 0) is 20.8 Å². The number of rotatable bonds is 5. The molecule has 0 spiro atoms. The minimum absolute atomic E-state index is 0.0671. The van der Waals surface area contributed by atoms with Crippen LogP contribution in [0.5, 0.6) is 0 Å². The zero-order valence-electron chi connectivity index (χ0n) is 11.9. The third kappa shape index (κ3) is 3.36. The zero-order chi connectivity index (χ0) is 14.7. The van der Waals surface area contributed by atoms with E-state index in [9.17, 15) is 4.79 Å². The second-order valence-electron chi connectivity index (χ2n) is 4.70. The van der Waals surface area contributed by atoms with Crippen LogP contribution in [0.15, 0.2) is 5.38 Å². The van der Waals surface area contributed by atoms with E-state index in [1.54, 1.807) is 16.0 Å². The molecule has 2 heterocycles. The van der Waals surface area contributed by atoms with E-state index in [0.29, 0.717) is 12.2 Å². The number of nitrogens with one attached hydrogen (secondary N) is 1. The van der Waals surface area contributed by atoms with Crippen molar-refractivity contribution >= 4 is 22.9 Å². The van der Waals surface area contributed by atoms with Gasteiger partial charge in [-0.2, -0.15) is 5.10 Å². The molecule has 3 N–H and O–H groups in total. The Morgan fingerprint density at radius 1 is 1.45 bits per heavy atom. The van der Waals surface area contributed by atoms with Crippen LogP contribution in [0.3, 0.4) is 0 Å². The SMILES string of the molecule is Cc1nc(CCNC(=O)Cn2nc(C)c(N)c2C)cs1. The van der Waals surface area contributed by atoms with Crippen LogP contribution in [0.25, 0.3) is 0 Å². The Labute approximate surface area is 122 Å². The molecule has 1 amide bonds. The zero-order valence-corrected chi connectivity index (χ0v) is 12.8. The summed E-state index contributed by atoms with van der Waals surface area (Å²) >= 11 is 1.62. The molecule has 0 saturated carbocycles. The highest BCUT2D eigenvalue weighted by molar-refractivity contribution is 7.09. The quantitative estimate of drug-likeness (QED) is 0.867. The molecule has 0 aromatic carbocycles. The lowest BCUT2D eigenvalue weighted by Gasteiger charge is -2.06. The summed E-state index contributed by atoms with van der Waals surface area (Å²) in [6.45, 7) is 6.44. The van der Waals surface area contributed by atoms with Crippen molar-refractivity contribution < 1.29 is 4.79 Å². The highest BCUT2D eigenvalue weighted by atomic mass is 32.1. The summed E-state index contributed by atoms with van der Waals surface area (Å²) in [6, 6.07) is 0. The van der Waals surface area contributed by atoms with Crippen LogP contribution in [0, 0.1) is 20.8 Å². The molecule has 2 aromatic heterocycles. The molecule has 0 aliphatic carbocycles. The number of amides is 1. The van der Waals surface area contributed by atoms with Crippen molar-refractivity contribution in [1.82, 2.24) is 20.1 Å². The molecule has 7 heteroatoms. The molecule has 20 heavy (non-hydrogen) atoms. The number of nitrogens with zero attached hydrogens (tertiary/aromatic N) is 3. The van der Waals surface area contributed by atoms with E-state index < -0.39 is 0 Å². The molecule has 0 saturated heterocycles. The van der Waals surface area contributed by atoms with Crippen LogP contribution in [0.4, 0.5) is 5.69 Å². The van der Waals surface area contributed by atoms with E-state index in [-0.39, 0.29) is 12.5 Å². The van der Waals surface area contributed by atoms with E-state index in [0.717, 1.165) is 28.5 Å². The molecule has 0 unspecified atom stereocenters. The van der Waals surface area contributed by atoms with Gasteiger partial charge in [0.1, 0.15) is 6.54 Å². The van der Waals surface area contributed by atoms with Gasteiger partial charge in [0, 0.05) is 18.3 Å². The van der Waals surface area contributed by atoms with Gasteiger partial charge in [-0.1, -0.05) is 0 Å². The van der Waals surface area contributed by atoms with Crippen LogP contribution in [0.1, 0.15) is 22.1 Å². The number of hydrogen-bond donors (Lipinski definition) is 2. The molecule has 0 atom stereocenters. The summed E-state index contributed by atoms with van der Waals surface area (Å²) < 4.78 is 1.63. The highest BCUT2D eigenvalue weighted by Crippen LogP contribution is 2.14. The van der Waals surface area contributed by atoms with Crippen molar-refractivity contribution in [2.24, 2.45) is 0 Å². The average Bonchev–Trinajstić information content (AvgIpc) is 2.90. The Balaban J connectivity index is 1.82. The van der Waals surface area contributed by atoms with Gasteiger partial charge in [-0.3, -0.25) is 9.48 Å². The second kappa shape index (κ2) is 6.04. The van der Waals surface area contributed by atoms with Crippen LogP contribution in [0.2, 0.25) is 0 Å². The first-order chi connectivity index (χ1) is 9.47. The number of hydrogen-bond acceptors (Lipinski definition) is 5. The molecular formula is C13H19N5OS. The standard InChI is InChI=1S/C13H19N5OS/c1-8-13(14)9(2)18(17-8)6-12(19)15-5-4-11-7-20-10(3)16-11/h7H,4-6,14H2,1-3H3,(H,15,19). The molecule has 0 radical (unpaired) electrons. The summed E-state index contributed by atoms with van der Waals surface area (Å²) in [5, 5.41) is 10.2. The average molecular weight is 293 g/mol. The molecule has 2 aromatic rings. The largest absolute Gasteiger partial charge is 0.396 e. The summed E-state index contributed by atoms with van der Waals surface area (Å²) in [5.41, 5.74) is 9.08. The Hall–Kier alpha value is -1.89. The van der Waals surface area contributed by atoms with E-state index >= 15 is 0 Å². The van der Waals surface area contributed by atoms with Crippen molar-refractivity contribution in [2.45, 2.75) is 33.7 Å². The molecule has 0 fully saturated rings. The van der Waals surface area contributed by atoms with Crippen molar-refractivity contribution in [3.05, 3.63) is 27.5 Å². The number of nitrogen functional groups attached to an aromatic ring is 1. The molecule has 0 aliphatic heterocycles. The van der Waals surface area contributed by atoms with Crippen molar-refractivity contribution in [1.29, 1.82) is 0 Å². The van der Waals surface area contributed by atoms with Crippen LogP contribution >= 0.6 is 11.3 Å². The topological polar surface area (TPSA) is 85.8 Å². The lowest BCUT2D eigenvalue weighted by molar-refractivity contribution is -0.121. The maximum absolute atomic E-state index is 11.9. The Kier molecular flexibility index (Phi) is 4.39. The lowest BCUT2D eigenvalue weighted by atomic mass is 10.3. The molecule has 108 valence electrons. The van der Waals surface area contributed by atoms with Crippen molar-refractivity contribution in [2.75, 3.05) is 12.3 Å². The van der Waals surface area contributed by atoms with Gasteiger partial charge in [0.05, 0.1) is 27.8 Å². The number of nitrogens with two attached hydrogens (primary N) is 1. The van der Waals surface area contributed by atoms with E-state index in [1.807, 2.05) is 26.2 Å². The first kappa shape index (κ1) is 14.5. The number of carbonyl (C=O) groups is 1. The number of aryl methyl sites for hydroxylation is 2. The minimum atomic E-state index is -0.0671. The first-order valence-corrected chi connectivity index (χ1v) is 7.32. The summed E-state index contributed by atoms with van der Waals surface area (Å²) in [7, 11) is 0. The minimum Gasteiger partial charge on any atom is -0.396 e. The predicted molar refractivity (Wildman–Crippen MR) is 79.7 cm³/mol. The number of aromatic nitrogens is 3. The number of carbonyl (C=O) groups excluding carboxylic acids is 1. The maximum atomic E-state index is 11.9. The van der Waals surface area contributed by atoms with Gasteiger partial charge >= 0.3 is 0 Å². The maximum Gasteiger partial charge on any atom is 0.241 e. The van der Waals surface area contributed by atoms with E-state index in [4.69, 9.17) is 5.73 Å². The highest BCUT2D eigenvalue weighted by Gasteiger charge is 2.11. The van der Waals surface area contributed by atoms with Gasteiger partial charge in [0.25, 0.3) is 0 Å². The van der Waals surface area contributed by atoms with Crippen molar-refractivity contribution in [3.63, 3.8) is 0 Å². The molecule has 0 aliphatic rings. The predicted octanol–water partition coefficient (Wildman–Crippen LogP) is 1.21. The third-order valence-corrected chi connectivity index (χ3v) is 3.92. The fraction of sp³-hybridized carbons (Fsp3) is 0.462. The fourth-order valence-corrected chi connectivity index (χ4v) is 2.56. The Morgan fingerprint density at radius 2 is 2.20 bits per heavy atom. The molecule has 0 bridgehead atoms. The fourth-order valence-electron chi connectivity index (χ4n) is 1.91. The number of anilines is 1. The summed E-state index contributed by atoms with van der Waals surface area (Å²) in [4.78, 5) is 16.2.